The quantitative estimate of drug-likeness (QED) is 0.318. The predicted octanol–water partition coefficient (Wildman–Crippen LogP) is 4.63. The molecule has 0 bridgehead atoms. The fourth-order valence-electron chi connectivity index (χ4n) is 3.25. The molecule has 35 heavy (non-hydrogen) atoms. The summed E-state index contributed by atoms with van der Waals surface area (Å²) in [4.78, 5) is 25.1. The van der Waals surface area contributed by atoms with Crippen molar-refractivity contribution in [3.63, 3.8) is 0 Å². The van der Waals surface area contributed by atoms with Gasteiger partial charge in [-0.05, 0) is 54.1 Å². The zero-order valence-electron chi connectivity index (χ0n) is 20.0. The summed E-state index contributed by atoms with van der Waals surface area (Å²) in [5.74, 6) is 1.78. The first kappa shape index (κ1) is 25.2. The molecular formula is C27H27NO7. The van der Waals surface area contributed by atoms with Crippen molar-refractivity contribution in [2.45, 2.75) is 0 Å². The Morgan fingerprint density at radius 2 is 1.49 bits per heavy atom. The van der Waals surface area contributed by atoms with Crippen molar-refractivity contribution < 1.29 is 33.3 Å². The van der Waals surface area contributed by atoms with Gasteiger partial charge in [0.25, 0.3) is 5.91 Å². The third-order valence-electron chi connectivity index (χ3n) is 5.03. The van der Waals surface area contributed by atoms with Crippen LogP contribution in [0.25, 0.3) is 6.08 Å². The lowest BCUT2D eigenvalue weighted by Gasteiger charge is -2.13. The monoisotopic (exact) mass is 477 g/mol. The van der Waals surface area contributed by atoms with Crippen molar-refractivity contribution in [2.75, 3.05) is 40.4 Å². The topological polar surface area (TPSA) is 92.3 Å². The van der Waals surface area contributed by atoms with Crippen LogP contribution in [-0.4, -0.2) is 46.7 Å². The molecule has 0 unspecified atom stereocenters. The molecule has 0 fully saturated rings. The number of para-hydroxylation sites is 2. The number of anilines is 1. The van der Waals surface area contributed by atoms with Crippen LogP contribution in [-0.2, 0) is 4.79 Å². The fraction of sp³-hybridized carbons (Fsp3) is 0.185. The summed E-state index contributed by atoms with van der Waals surface area (Å²) >= 11 is 0. The van der Waals surface area contributed by atoms with Gasteiger partial charge in [0, 0.05) is 0 Å². The predicted molar refractivity (Wildman–Crippen MR) is 133 cm³/mol. The van der Waals surface area contributed by atoms with Gasteiger partial charge in [-0.2, -0.15) is 0 Å². The number of amides is 1. The number of carbonyl (C=O) groups excluding carboxylic acids is 2. The third-order valence-corrected chi connectivity index (χ3v) is 5.03. The molecular weight excluding hydrogens is 450 g/mol. The number of rotatable bonds is 11. The number of methoxy groups -OCH3 is 4. The van der Waals surface area contributed by atoms with E-state index in [1.54, 1.807) is 60.7 Å². The minimum atomic E-state index is -0.349. The van der Waals surface area contributed by atoms with E-state index in [-0.39, 0.29) is 18.3 Å². The van der Waals surface area contributed by atoms with Crippen LogP contribution in [0.3, 0.4) is 0 Å². The average Bonchev–Trinajstić information content (AvgIpc) is 2.90. The van der Waals surface area contributed by atoms with Gasteiger partial charge in [-0.15, -0.1) is 0 Å². The minimum absolute atomic E-state index is 0.224. The molecule has 3 rings (SSSR count). The molecule has 3 aromatic carbocycles. The van der Waals surface area contributed by atoms with Crippen LogP contribution in [0.15, 0.2) is 66.7 Å². The number of hydrogen-bond acceptors (Lipinski definition) is 7. The van der Waals surface area contributed by atoms with Gasteiger partial charge in [0.05, 0.1) is 39.7 Å². The highest BCUT2D eigenvalue weighted by Gasteiger charge is 2.13. The molecule has 0 saturated heterocycles. The van der Waals surface area contributed by atoms with Crippen molar-refractivity contribution >= 4 is 23.5 Å². The van der Waals surface area contributed by atoms with E-state index in [1.165, 1.54) is 34.5 Å². The Hall–Kier alpha value is -4.46. The molecule has 1 amide bonds. The lowest BCUT2D eigenvalue weighted by Crippen LogP contribution is -2.20. The Morgan fingerprint density at radius 1 is 0.771 bits per heavy atom. The lowest BCUT2D eigenvalue weighted by atomic mass is 10.1. The summed E-state index contributed by atoms with van der Waals surface area (Å²) in [7, 11) is 6.06. The second-order valence-corrected chi connectivity index (χ2v) is 7.21. The summed E-state index contributed by atoms with van der Waals surface area (Å²) in [5, 5.41) is 2.75. The van der Waals surface area contributed by atoms with Crippen LogP contribution in [0.2, 0.25) is 0 Å². The number of ether oxygens (including phenoxy) is 5. The van der Waals surface area contributed by atoms with Crippen LogP contribution in [0.5, 0.6) is 28.7 Å². The third kappa shape index (κ3) is 6.54. The standard InChI is InChI=1S/C27H27NO7/c1-31-19-11-14-23(32-2)20(16-19)22(29)12-9-18-10-13-25(26(15-18)34-4)35-17-27(30)28-21-7-5-6-8-24(21)33-3/h5-16H,17H2,1-4H3,(H,28,30)/b12-9+. The van der Waals surface area contributed by atoms with Gasteiger partial charge in [0.15, 0.2) is 23.9 Å². The molecule has 3 aromatic rings. The summed E-state index contributed by atoms with van der Waals surface area (Å²) in [5.41, 5.74) is 1.65. The van der Waals surface area contributed by atoms with Crippen molar-refractivity contribution in [1.29, 1.82) is 0 Å². The fourth-order valence-corrected chi connectivity index (χ4v) is 3.25. The maximum Gasteiger partial charge on any atom is 0.262 e. The van der Waals surface area contributed by atoms with Crippen LogP contribution in [0.1, 0.15) is 15.9 Å². The highest BCUT2D eigenvalue weighted by atomic mass is 16.5. The molecule has 0 aliphatic rings. The Kier molecular flexibility index (Phi) is 8.72. The van der Waals surface area contributed by atoms with E-state index in [0.717, 1.165) is 0 Å². The summed E-state index contributed by atoms with van der Waals surface area (Å²) in [6, 6.07) is 17.3. The molecule has 182 valence electrons. The van der Waals surface area contributed by atoms with E-state index >= 15 is 0 Å². The second-order valence-electron chi connectivity index (χ2n) is 7.21. The van der Waals surface area contributed by atoms with Gasteiger partial charge >= 0.3 is 0 Å². The summed E-state index contributed by atoms with van der Waals surface area (Å²) in [6.07, 6.45) is 3.09. The molecule has 0 heterocycles. The smallest absolute Gasteiger partial charge is 0.262 e. The molecule has 0 radical (unpaired) electrons. The van der Waals surface area contributed by atoms with Gasteiger partial charge in [-0.25, -0.2) is 0 Å². The van der Waals surface area contributed by atoms with Crippen molar-refractivity contribution in [1.82, 2.24) is 0 Å². The Bertz CT molecular complexity index is 1220. The van der Waals surface area contributed by atoms with E-state index in [9.17, 15) is 9.59 Å². The Labute approximate surface area is 204 Å². The van der Waals surface area contributed by atoms with E-state index in [1.807, 2.05) is 6.07 Å². The molecule has 1 N–H and O–H groups in total. The molecule has 0 atom stereocenters. The number of nitrogens with one attached hydrogen (secondary N) is 1. The highest BCUT2D eigenvalue weighted by molar-refractivity contribution is 6.09. The first-order valence-corrected chi connectivity index (χ1v) is 10.7. The molecule has 8 nitrogen and oxygen atoms in total. The zero-order valence-corrected chi connectivity index (χ0v) is 20.0. The van der Waals surface area contributed by atoms with Crippen molar-refractivity contribution in [3.05, 3.63) is 77.9 Å². The SMILES string of the molecule is COc1ccc(OC)c(C(=O)/C=C/c2ccc(OCC(=O)Nc3ccccc3OC)c(OC)c2)c1. The normalized spacial score (nSPS) is 10.5. The summed E-state index contributed by atoms with van der Waals surface area (Å²) in [6.45, 7) is -0.224. The molecule has 8 heteroatoms. The van der Waals surface area contributed by atoms with E-state index in [4.69, 9.17) is 23.7 Å². The van der Waals surface area contributed by atoms with Crippen LogP contribution >= 0.6 is 0 Å². The molecule has 0 saturated carbocycles. The van der Waals surface area contributed by atoms with Gasteiger partial charge in [-0.3, -0.25) is 9.59 Å². The van der Waals surface area contributed by atoms with Crippen LogP contribution in [0.4, 0.5) is 5.69 Å². The van der Waals surface area contributed by atoms with Crippen LogP contribution < -0.4 is 29.0 Å². The zero-order chi connectivity index (χ0) is 25.2. The summed E-state index contributed by atoms with van der Waals surface area (Å²) < 4.78 is 26.8. The van der Waals surface area contributed by atoms with Crippen molar-refractivity contribution in [2.24, 2.45) is 0 Å². The van der Waals surface area contributed by atoms with E-state index in [2.05, 4.69) is 5.32 Å². The Balaban J connectivity index is 1.67. The van der Waals surface area contributed by atoms with Crippen LogP contribution in [0, 0.1) is 0 Å². The lowest BCUT2D eigenvalue weighted by molar-refractivity contribution is -0.118. The minimum Gasteiger partial charge on any atom is -0.497 e. The number of ketones is 1. The number of allylic oxidation sites excluding steroid dienone is 1. The second kappa shape index (κ2) is 12.1. The van der Waals surface area contributed by atoms with Crippen molar-refractivity contribution in [3.8, 4) is 28.7 Å². The maximum atomic E-state index is 12.7. The van der Waals surface area contributed by atoms with E-state index in [0.29, 0.717) is 45.6 Å². The van der Waals surface area contributed by atoms with Gasteiger partial charge in [0.1, 0.15) is 17.2 Å². The van der Waals surface area contributed by atoms with E-state index < -0.39 is 0 Å². The molecule has 0 spiro atoms. The van der Waals surface area contributed by atoms with Gasteiger partial charge < -0.3 is 29.0 Å². The van der Waals surface area contributed by atoms with Gasteiger partial charge in [0.2, 0.25) is 0 Å². The Morgan fingerprint density at radius 3 is 2.20 bits per heavy atom. The highest BCUT2D eigenvalue weighted by Crippen LogP contribution is 2.30. The largest absolute Gasteiger partial charge is 0.497 e. The average molecular weight is 478 g/mol. The molecule has 0 aliphatic heterocycles. The number of hydrogen-bond donors (Lipinski definition) is 1. The number of benzene rings is 3. The first-order chi connectivity index (χ1) is 17.0. The maximum absolute atomic E-state index is 12.7. The van der Waals surface area contributed by atoms with Gasteiger partial charge in [-0.1, -0.05) is 24.3 Å². The first-order valence-electron chi connectivity index (χ1n) is 10.7. The number of carbonyl (C=O) groups is 2. The molecule has 0 aromatic heterocycles. The molecule has 0 aliphatic carbocycles.